The lowest BCUT2D eigenvalue weighted by atomic mass is 10.1. The second kappa shape index (κ2) is 19.9. The summed E-state index contributed by atoms with van der Waals surface area (Å²) in [5, 5.41) is 12.1. The van der Waals surface area contributed by atoms with Crippen LogP contribution in [0, 0.1) is 0 Å². The molecule has 170 valence electrons. The SMILES string of the molecule is CCCCCC/C=C/CCCCCCCC(=O)NCCCC[C@@H](C(=O)O)N(C)C. The Kier molecular flexibility index (Phi) is 19.0. The molecule has 0 radical (unpaired) electrons. The van der Waals surface area contributed by atoms with Crippen molar-refractivity contribution in [3.8, 4) is 0 Å². The Labute approximate surface area is 179 Å². The van der Waals surface area contributed by atoms with Crippen molar-refractivity contribution in [1.82, 2.24) is 10.2 Å². The number of hydrogen-bond acceptors (Lipinski definition) is 3. The number of allylic oxidation sites excluding steroid dienone is 2. The van der Waals surface area contributed by atoms with Crippen LogP contribution in [0.2, 0.25) is 0 Å². The number of rotatable bonds is 20. The van der Waals surface area contributed by atoms with E-state index in [-0.39, 0.29) is 5.91 Å². The molecule has 0 unspecified atom stereocenters. The minimum absolute atomic E-state index is 0.124. The number of nitrogens with zero attached hydrogens (tertiary/aromatic N) is 1. The van der Waals surface area contributed by atoms with Crippen molar-refractivity contribution in [3.05, 3.63) is 12.2 Å². The van der Waals surface area contributed by atoms with E-state index in [2.05, 4.69) is 24.4 Å². The molecule has 0 aromatic heterocycles. The standard InChI is InChI=1S/C24H46N2O3/c1-4-5-6-7-8-9-10-11-12-13-14-15-16-20-23(27)25-21-18-17-19-22(24(28)29)26(2)3/h9-10,22H,4-8,11-21H2,1-3H3,(H,25,27)(H,28,29)/b10-9+/t22-/m0/s1. The molecule has 0 aliphatic rings. The molecule has 0 spiro atoms. The Morgan fingerprint density at radius 2 is 1.45 bits per heavy atom. The highest BCUT2D eigenvalue weighted by molar-refractivity contribution is 5.75. The fraction of sp³-hybridized carbons (Fsp3) is 0.833. The number of amides is 1. The summed E-state index contributed by atoms with van der Waals surface area (Å²) in [6.07, 6.45) is 21.1. The molecule has 0 aromatic rings. The van der Waals surface area contributed by atoms with Gasteiger partial charge in [0.25, 0.3) is 0 Å². The van der Waals surface area contributed by atoms with Gasteiger partial charge in [-0.05, 0) is 65.5 Å². The number of likely N-dealkylation sites (N-methyl/N-ethyl adjacent to an activating group) is 1. The maximum absolute atomic E-state index is 11.8. The Balaban J connectivity index is 3.42. The van der Waals surface area contributed by atoms with E-state index >= 15 is 0 Å². The van der Waals surface area contributed by atoms with Crippen LogP contribution in [-0.4, -0.2) is 48.6 Å². The Morgan fingerprint density at radius 1 is 0.862 bits per heavy atom. The number of aliphatic carboxylic acids is 1. The lowest BCUT2D eigenvalue weighted by molar-refractivity contribution is -0.142. The van der Waals surface area contributed by atoms with Gasteiger partial charge in [0.05, 0.1) is 0 Å². The maximum atomic E-state index is 11.8. The van der Waals surface area contributed by atoms with E-state index in [0.717, 1.165) is 25.7 Å². The molecular weight excluding hydrogens is 364 g/mol. The van der Waals surface area contributed by atoms with Crippen LogP contribution in [0.3, 0.4) is 0 Å². The van der Waals surface area contributed by atoms with Crippen molar-refractivity contribution in [3.63, 3.8) is 0 Å². The van der Waals surface area contributed by atoms with Gasteiger partial charge in [0.2, 0.25) is 5.91 Å². The van der Waals surface area contributed by atoms with Crippen molar-refractivity contribution < 1.29 is 14.7 Å². The van der Waals surface area contributed by atoms with Crippen LogP contribution in [0.25, 0.3) is 0 Å². The second-order valence-electron chi connectivity index (χ2n) is 8.29. The van der Waals surface area contributed by atoms with Gasteiger partial charge >= 0.3 is 5.97 Å². The lowest BCUT2D eigenvalue weighted by Gasteiger charge is -2.19. The van der Waals surface area contributed by atoms with Gasteiger partial charge in [-0.25, -0.2) is 0 Å². The number of unbranched alkanes of at least 4 members (excludes halogenated alkanes) is 10. The summed E-state index contributed by atoms with van der Waals surface area (Å²) in [7, 11) is 3.57. The summed E-state index contributed by atoms with van der Waals surface area (Å²) < 4.78 is 0. The molecule has 0 saturated heterocycles. The van der Waals surface area contributed by atoms with Gasteiger partial charge in [0, 0.05) is 13.0 Å². The zero-order chi connectivity index (χ0) is 21.7. The van der Waals surface area contributed by atoms with Crippen LogP contribution < -0.4 is 5.32 Å². The van der Waals surface area contributed by atoms with E-state index in [1.165, 1.54) is 57.8 Å². The monoisotopic (exact) mass is 410 g/mol. The Hall–Kier alpha value is -1.36. The number of carboxylic acid groups (broad SMARTS) is 1. The molecule has 0 rings (SSSR count). The van der Waals surface area contributed by atoms with Crippen LogP contribution in [0.4, 0.5) is 0 Å². The minimum atomic E-state index is -0.780. The number of carbonyl (C=O) groups excluding carboxylic acids is 1. The molecule has 0 bridgehead atoms. The molecule has 0 fully saturated rings. The van der Waals surface area contributed by atoms with Crippen LogP contribution in [0.5, 0.6) is 0 Å². The Bertz CT molecular complexity index is 436. The first-order valence-corrected chi connectivity index (χ1v) is 11.8. The predicted octanol–water partition coefficient (Wildman–Crippen LogP) is 5.55. The third-order valence-electron chi connectivity index (χ3n) is 5.30. The van der Waals surface area contributed by atoms with Gasteiger partial charge < -0.3 is 10.4 Å². The molecule has 0 heterocycles. The first kappa shape index (κ1) is 27.6. The summed E-state index contributed by atoms with van der Waals surface area (Å²) in [6, 6.07) is -0.438. The number of nitrogens with one attached hydrogen (secondary N) is 1. The molecule has 5 nitrogen and oxygen atoms in total. The van der Waals surface area contributed by atoms with Crippen molar-refractivity contribution in [2.24, 2.45) is 0 Å². The first-order chi connectivity index (χ1) is 14.0. The summed E-state index contributed by atoms with van der Waals surface area (Å²) in [4.78, 5) is 24.7. The molecule has 0 aliphatic heterocycles. The molecule has 5 heteroatoms. The van der Waals surface area contributed by atoms with E-state index < -0.39 is 12.0 Å². The van der Waals surface area contributed by atoms with Gasteiger partial charge in [-0.3, -0.25) is 14.5 Å². The molecule has 0 aliphatic carbocycles. The Morgan fingerprint density at radius 3 is 2.03 bits per heavy atom. The van der Waals surface area contributed by atoms with Crippen molar-refractivity contribution in [1.29, 1.82) is 0 Å². The summed E-state index contributed by atoms with van der Waals surface area (Å²) in [5.74, 6) is -0.657. The van der Waals surface area contributed by atoms with Gasteiger partial charge in [0.1, 0.15) is 6.04 Å². The number of hydrogen-bond donors (Lipinski definition) is 2. The average Bonchev–Trinajstić information content (AvgIpc) is 2.67. The molecule has 0 saturated carbocycles. The van der Waals surface area contributed by atoms with Crippen LogP contribution in [0.15, 0.2) is 12.2 Å². The van der Waals surface area contributed by atoms with Crippen molar-refractivity contribution in [2.45, 2.75) is 109 Å². The highest BCUT2D eigenvalue weighted by Gasteiger charge is 2.18. The van der Waals surface area contributed by atoms with Crippen LogP contribution >= 0.6 is 0 Å². The molecule has 1 amide bonds. The summed E-state index contributed by atoms with van der Waals surface area (Å²) in [5.41, 5.74) is 0. The zero-order valence-corrected chi connectivity index (χ0v) is 19.3. The first-order valence-electron chi connectivity index (χ1n) is 11.8. The number of carboxylic acids is 1. The smallest absolute Gasteiger partial charge is 0.320 e. The van der Waals surface area contributed by atoms with E-state index in [1.807, 2.05) is 0 Å². The minimum Gasteiger partial charge on any atom is -0.480 e. The van der Waals surface area contributed by atoms with E-state index in [9.17, 15) is 9.59 Å². The fourth-order valence-electron chi connectivity index (χ4n) is 3.38. The van der Waals surface area contributed by atoms with Crippen molar-refractivity contribution >= 4 is 11.9 Å². The average molecular weight is 411 g/mol. The molecule has 2 N–H and O–H groups in total. The predicted molar refractivity (Wildman–Crippen MR) is 122 cm³/mol. The third-order valence-corrected chi connectivity index (χ3v) is 5.30. The van der Waals surface area contributed by atoms with Crippen molar-refractivity contribution in [2.75, 3.05) is 20.6 Å². The van der Waals surface area contributed by atoms with E-state index in [1.54, 1.807) is 19.0 Å². The van der Waals surface area contributed by atoms with Gasteiger partial charge in [-0.15, -0.1) is 0 Å². The van der Waals surface area contributed by atoms with Gasteiger partial charge in [-0.1, -0.05) is 57.6 Å². The topological polar surface area (TPSA) is 69.6 Å². The molecule has 1 atom stereocenters. The van der Waals surface area contributed by atoms with Crippen LogP contribution in [0.1, 0.15) is 103 Å². The molecule has 0 aromatic carbocycles. The largest absolute Gasteiger partial charge is 0.480 e. The quantitative estimate of drug-likeness (QED) is 0.204. The van der Waals surface area contributed by atoms with E-state index in [0.29, 0.717) is 19.4 Å². The van der Waals surface area contributed by atoms with Gasteiger partial charge in [0.15, 0.2) is 0 Å². The second-order valence-corrected chi connectivity index (χ2v) is 8.29. The van der Waals surface area contributed by atoms with Crippen LogP contribution in [-0.2, 0) is 9.59 Å². The normalized spacial score (nSPS) is 12.6. The van der Waals surface area contributed by atoms with Gasteiger partial charge in [-0.2, -0.15) is 0 Å². The molecule has 29 heavy (non-hydrogen) atoms. The highest BCUT2D eigenvalue weighted by atomic mass is 16.4. The molecular formula is C24H46N2O3. The fourth-order valence-corrected chi connectivity index (χ4v) is 3.38. The number of carbonyl (C=O) groups is 2. The summed E-state index contributed by atoms with van der Waals surface area (Å²) >= 11 is 0. The van der Waals surface area contributed by atoms with E-state index in [4.69, 9.17) is 5.11 Å². The maximum Gasteiger partial charge on any atom is 0.320 e. The third kappa shape index (κ3) is 18.4. The zero-order valence-electron chi connectivity index (χ0n) is 19.3. The summed E-state index contributed by atoms with van der Waals surface area (Å²) in [6.45, 7) is 2.89. The highest BCUT2D eigenvalue weighted by Crippen LogP contribution is 2.09. The lowest BCUT2D eigenvalue weighted by Crippen LogP contribution is -2.35.